The molecule has 0 saturated carbocycles. The second-order valence-electron chi connectivity index (χ2n) is 6.65. The zero-order valence-corrected chi connectivity index (χ0v) is 16.3. The second-order valence-corrected chi connectivity index (χ2v) is 6.65. The van der Waals surface area contributed by atoms with E-state index >= 15 is 0 Å². The summed E-state index contributed by atoms with van der Waals surface area (Å²) >= 11 is 0. The maximum Gasteiger partial charge on any atom is 0.276 e. The van der Waals surface area contributed by atoms with Crippen LogP contribution in [0.15, 0.2) is 54.9 Å². The number of aromatic nitrogens is 4. The number of para-hydroxylation sites is 3. The van der Waals surface area contributed by atoms with Crippen LogP contribution in [0.5, 0.6) is 0 Å². The van der Waals surface area contributed by atoms with E-state index in [0.29, 0.717) is 11.6 Å². The Morgan fingerprint density at radius 3 is 2.63 bits per heavy atom. The number of anilines is 2. The minimum atomic E-state index is -0.514. The molecule has 30 heavy (non-hydrogen) atoms. The number of rotatable bonds is 7. The molecule has 0 fully saturated rings. The van der Waals surface area contributed by atoms with Gasteiger partial charge in [-0.2, -0.15) is 0 Å². The first-order chi connectivity index (χ1) is 14.7. The van der Waals surface area contributed by atoms with Crippen molar-refractivity contribution in [3.8, 4) is 0 Å². The minimum Gasteiger partial charge on any atom is -0.340 e. The molecule has 9 heteroatoms. The van der Waals surface area contributed by atoms with Gasteiger partial charge in [0.1, 0.15) is 5.69 Å². The molecule has 0 bridgehead atoms. The zero-order chi connectivity index (χ0) is 20.9. The SMILES string of the molecule is CNCCc1ccccc1NC(=O)c1nc[nH]c1C(=O)Nc1nc2ccccc2[nH]1. The summed E-state index contributed by atoms with van der Waals surface area (Å²) in [7, 11) is 1.87. The highest BCUT2D eigenvalue weighted by Gasteiger charge is 2.22. The van der Waals surface area contributed by atoms with E-state index in [1.807, 2.05) is 55.6 Å². The Labute approximate surface area is 172 Å². The number of hydrogen-bond acceptors (Lipinski definition) is 5. The zero-order valence-electron chi connectivity index (χ0n) is 16.3. The van der Waals surface area contributed by atoms with Crippen LogP contribution in [0.3, 0.4) is 0 Å². The average Bonchev–Trinajstić information content (AvgIpc) is 3.39. The summed E-state index contributed by atoms with van der Waals surface area (Å²) in [6.07, 6.45) is 2.07. The molecular weight excluding hydrogens is 382 g/mol. The Bertz CT molecular complexity index is 1160. The molecule has 2 heterocycles. The van der Waals surface area contributed by atoms with Gasteiger partial charge in [0.2, 0.25) is 5.95 Å². The van der Waals surface area contributed by atoms with Gasteiger partial charge in [-0.3, -0.25) is 14.9 Å². The number of likely N-dealkylation sites (N-methyl/N-ethyl adjacent to an activating group) is 1. The molecular formula is C21H21N7O2. The van der Waals surface area contributed by atoms with Crippen molar-refractivity contribution < 1.29 is 9.59 Å². The van der Waals surface area contributed by atoms with E-state index in [2.05, 4.69) is 35.9 Å². The van der Waals surface area contributed by atoms with Gasteiger partial charge >= 0.3 is 0 Å². The summed E-state index contributed by atoms with van der Waals surface area (Å²) in [4.78, 5) is 39.6. The van der Waals surface area contributed by atoms with Crippen molar-refractivity contribution in [2.75, 3.05) is 24.2 Å². The molecule has 152 valence electrons. The first-order valence-corrected chi connectivity index (χ1v) is 9.49. The van der Waals surface area contributed by atoms with E-state index in [4.69, 9.17) is 0 Å². The van der Waals surface area contributed by atoms with E-state index < -0.39 is 11.8 Å². The Balaban J connectivity index is 1.51. The van der Waals surface area contributed by atoms with Gasteiger partial charge in [-0.1, -0.05) is 30.3 Å². The monoisotopic (exact) mass is 403 g/mol. The van der Waals surface area contributed by atoms with Gasteiger partial charge < -0.3 is 20.6 Å². The number of carbonyl (C=O) groups excluding carboxylic acids is 2. The molecule has 4 aromatic rings. The van der Waals surface area contributed by atoms with Gasteiger partial charge in [-0.25, -0.2) is 9.97 Å². The summed E-state index contributed by atoms with van der Waals surface area (Å²) < 4.78 is 0. The molecule has 4 rings (SSSR count). The quantitative estimate of drug-likeness (QED) is 0.324. The van der Waals surface area contributed by atoms with Gasteiger partial charge in [-0.15, -0.1) is 0 Å². The van der Waals surface area contributed by atoms with Crippen LogP contribution >= 0.6 is 0 Å². The number of carbonyl (C=O) groups is 2. The summed E-state index contributed by atoms with van der Waals surface area (Å²) in [5.74, 6) is -0.692. The Morgan fingerprint density at radius 1 is 1.00 bits per heavy atom. The van der Waals surface area contributed by atoms with Crippen LogP contribution in [0.2, 0.25) is 0 Å². The first kappa shape index (κ1) is 19.3. The van der Waals surface area contributed by atoms with Gasteiger partial charge in [0.25, 0.3) is 11.8 Å². The van der Waals surface area contributed by atoms with Crippen LogP contribution in [0, 0.1) is 0 Å². The van der Waals surface area contributed by atoms with Crippen LogP contribution in [0.1, 0.15) is 26.5 Å². The van der Waals surface area contributed by atoms with E-state index in [1.54, 1.807) is 0 Å². The highest BCUT2D eigenvalue weighted by molar-refractivity contribution is 6.13. The lowest BCUT2D eigenvalue weighted by atomic mass is 10.1. The predicted molar refractivity (Wildman–Crippen MR) is 115 cm³/mol. The number of fused-ring (bicyclic) bond motifs is 1. The molecule has 2 aromatic heterocycles. The van der Waals surface area contributed by atoms with Gasteiger partial charge in [0, 0.05) is 5.69 Å². The number of nitrogens with zero attached hydrogens (tertiary/aromatic N) is 2. The maximum atomic E-state index is 12.8. The molecule has 2 amide bonds. The minimum absolute atomic E-state index is 0.00651. The van der Waals surface area contributed by atoms with Crippen molar-refractivity contribution in [2.24, 2.45) is 0 Å². The van der Waals surface area contributed by atoms with E-state index in [9.17, 15) is 9.59 Å². The highest BCUT2D eigenvalue weighted by atomic mass is 16.2. The van der Waals surface area contributed by atoms with Crippen molar-refractivity contribution in [3.05, 3.63) is 71.8 Å². The van der Waals surface area contributed by atoms with Gasteiger partial charge in [0.15, 0.2) is 5.69 Å². The van der Waals surface area contributed by atoms with Crippen molar-refractivity contribution in [2.45, 2.75) is 6.42 Å². The summed E-state index contributed by atoms with van der Waals surface area (Å²) in [6.45, 7) is 0.778. The van der Waals surface area contributed by atoms with Gasteiger partial charge in [0.05, 0.1) is 17.4 Å². The number of aromatic amines is 2. The van der Waals surface area contributed by atoms with Crippen LogP contribution in [0.25, 0.3) is 11.0 Å². The normalized spacial score (nSPS) is 10.8. The largest absolute Gasteiger partial charge is 0.340 e. The Hall–Kier alpha value is -3.98. The van der Waals surface area contributed by atoms with Gasteiger partial charge in [-0.05, 0) is 43.8 Å². The summed E-state index contributed by atoms with van der Waals surface area (Å²) in [5.41, 5.74) is 3.27. The van der Waals surface area contributed by atoms with Crippen LogP contribution < -0.4 is 16.0 Å². The Kier molecular flexibility index (Phi) is 5.53. The first-order valence-electron chi connectivity index (χ1n) is 9.49. The van der Waals surface area contributed by atoms with Crippen LogP contribution in [-0.4, -0.2) is 45.3 Å². The standard InChI is InChI=1S/C21H21N7O2/c1-22-11-10-13-6-2-3-7-14(13)25-19(29)17-18(24-12-23-17)20(30)28-21-26-15-8-4-5-9-16(15)27-21/h2-9,12,22H,10-11H2,1H3,(H,23,24)(H,25,29)(H2,26,27,28,30). The summed E-state index contributed by atoms with van der Waals surface area (Å²) in [5, 5.41) is 8.61. The second kappa shape index (κ2) is 8.58. The lowest BCUT2D eigenvalue weighted by Gasteiger charge is -2.10. The van der Waals surface area contributed by atoms with Crippen LogP contribution in [0.4, 0.5) is 11.6 Å². The third-order valence-corrected chi connectivity index (χ3v) is 4.61. The number of hydrogen-bond donors (Lipinski definition) is 5. The van der Waals surface area contributed by atoms with E-state index in [1.165, 1.54) is 6.33 Å². The number of imidazole rings is 2. The third kappa shape index (κ3) is 4.06. The molecule has 0 atom stereocenters. The molecule has 0 aliphatic rings. The lowest BCUT2D eigenvalue weighted by molar-refractivity contribution is 0.0985. The van der Waals surface area contributed by atoms with Crippen molar-refractivity contribution >= 4 is 34.5 Å². The fourth-order valence-corrected chi connectivity index (χ4v) is 3.12. The molecule has 0 unspecified atom stereocenters. The summed E-state index contributed by atoms with van der Waals surface area (Å²) in [6, 6.07) is 15.0. The fourth-order valence-electron chi connectivity index (χ4n) is 3.12. The maximum absolute atomic E-state index is 12.8. The number of amides is 2. The molecule has 0 spiro atoms. The Morgan fingerprint density at radius 2 is 1.80 bits per heavy atom. The molecule has 5 N–H and O–H groups in total. The molecule has 0 aliphatic heterocycles. The molecule has 9 nitrogen and oxygen atoms in total. The fraction of sp³-hybridized carbons (Fsp3) is 0.143. The van der Waals surface area contributed by atoms with Crippen molar-refractivity contribution in [1.29, 1.82) is 0 Å². The molecule has 0 saturated heterocycles. The molecule has 0 radical (unpaired) electrons. The van der Waals surface area contributed by atoms with E-state index in [0.717, 1.165) is 29.6 Å². The van der Waals surface area contributed by atoms with Crippen molar-refractivity contribution in [3.63, 3.8) is 0 Å². The van der Waals surface area contributed by atoms with E-state index in [-0.39, 0.29) is 11.4 Å². The number of benzene rings is 2. The molecule has 0 aliphatic carbocycles. The van der Waals surface area contributed by atoms with Crippen molar-refractivity contribution in [1.82, 2.24) is 25.3 Å². The smallest absolute Gasteiger partial charge is 0.276 e. The third-order valence-electron chi connectivity index (χ3n) is 4.61. The molecule has 2 aromatic carbocycles. The topological polar surface area (TPSA) is 128 Å². The average molecular weight is 403 g/mol. The number of H-pyrrole nitrogens is 2. The number of nitrogens with one attached hydrogen (secondary N) is 5. The highest BCUT2D eigenvalue weighted by Crippen LogP contribution is 2.18. The predicted octanol–water partition coefficient (Wildman–Crippen LogP) is 2.55. The van der Waals surface area contributed by atoms with Crippen LogP contribution in [-0.2, 0) is 6.42 Å². The lowest BCUT2D eigenvalue weighted by Crippen LogP contribution is -2.21.